The van der Waals surface area contributed by atoms with E-state index in [2.05, 4.69) is 26.0 Å². The van der Waals surface area contributed by atoms with Crippen LogP contribution in [-0.2, 0) is 0 Å². The van der Waals surface area contributed by atoms with Crippen LogP contribution in [0.4, 0.5) is 5.95 Å². The second-order valence-corrected chi connectivity index (χ2v) is 5.37. The average molecular weight is 367 g/mol. The minimum atomic E-state index is 0.348. The Hall–Kier alpha value is -2.02. The number of aryl methyl sites for hydroxylation is 1. The van der Waals surface area contributed by atoms with Crippen LogP contribution < -0.4 is 15.2 Å². The van der Waals surface area contributed by atoms with Gasteiger partial charge in [0.25, 0.3) is 0 Å². The first-order valence-corrected chi connectivity index (χ1v) is 7.79. The Labute approximate surface area is 138 Å². The summed E-state index contributed by atoms with van der Waals surface area (Å²) in [5.74, 6) is 1.73. The molecule has 0 saturated heterocycles. The van der Waals surface area contributed by atoms with Crippen LogP contribution in [0.2, 0.25) is 0 Å². The Kier molecular flexibility index (Phi) is 5.43. The number of anilines is 1. The number of imidazole rings is 1. The SMILES string of the molecule is CCOc1cc(Br)c(C=Nn2cc(C)nc2N)cc1OCC. The van der Waals surface area contributed by atoms with Crippen LogP contribution in [0.3, 0.4) is 0 Å². The molecule has 0 atom stereocenters. The van der Waals surface area contributed by atoms with Gasteiger partial charge < -0.3 is 15.2 Å². The van der Waals surface area contributed by atoms with Crippen LogP contribution in [0.5, 0.6) is 11.5 Å². The lowest BCUT2D eigenvalue weighted by Crippen LogP contribution is -2.01. The Morgan fingerprint density at radius 2 is 1.91 bits per heavy atom. The van der Waals surface area contributed by atoms with Crippen LogP contribution in [0.1, 0.15) is 25.1 Å². The highest BCUT2D eigenvalue weighted by Crippen LogP contribution is 2.33. The first kappa shape index (κ1) is 16.4. The molecule has 118 valence electrons. The van der Waals surface area contributed by atoms with Crippen LogP contribution in [0.15, 0.2) is 27.9 Å². The molecule has 1 aromatic carbocycles. The third-order valence-electron chi connectivity index (χ3n) is 2.82. The standard InChI is InChI=1S/C15H19BrN4O2/c1-4-21-13-6-11(12(16)7-14(13)22-5-2)8-18-20-9-10(3)19-15(20)17/h6-9H,4-5H2,1-3H3,(H2,17,19). The van der Waals surface area contributed by atoms with E-state index in [9.17, 15) is 0 Å². The van der Waals surface area contributed by atoms with Gasteiger partial charge in [0.15, 0.2) is 11.5 Å². The molecule has 0 fully saturated rings. The first-order valence-electron chi connectivity index (χ1n) is 7.00. The Morgan fingerprint density at radius 3 is 2.45 bits per heavy atom. The van der Waals surface area contributed by atoms with Gasteiger partial charge in [-0.15, -0.1) is 0 Å². The lowest BCUT2D eigenvalue weighted by atomic mass is 10.2. The molecule has 0 amide bonds. The summed E-state index contributed by atoms with van der Waals surface area (Å²) in [6, 6.07) is 3.75. The molecule has 2 N–H and O–H groups in total. The molecule has 0 aliphatic rings. The summed E-state index contributed by atoms with van der Waals surface area (Å²) >= 11 is 3.52. The van der Waals surface area contributed by atoms with Crippen molar-refractivity contribution in [2.75, 3.05) is 18.9 Å². The zero-order valence-corrected chi connectivity index (χ0v) is 14.4. The lowest BCUT2D eigenvalue weighted by Gasteiger charge is -2.12. The molecule has 22 heavy (non-hydrogen) atoms. The van der Waals surface area contributed by atoms with E-state index in [1.165, 1.54) is 4.68 Å². The van der Waals surface area contributed by atoms with Gasteiger partial charge in [0.2, 0.25) is 5.95 Å². The van der Waals surface area contributed by atoms with Gasteiger partial charge in [-0.25, -0.2) is 9.66 Å². The van der Waals surface area contributed by atoms with Gasteiger partial charge in [-0.05, 0) is 48.8 Å². The number of nitrogen functional groups attached to an aromatic ring is 1. The van der Waals surface area contributed by atoms with E-state index in [1.54, 1.807) is 12.4 Å². The van der Waals surface area contributed by atoms with E-state index in [0.29, 0.717) is 30.7 Å². The summed E-state index contributed by atoms with van der Waals surface area (Å²) < 4.78 is 13.6. The molecule has 0 aliphatic heterocycles. The smallest absolute Gasteiger partial charge is 0.221 e. The molecule has 2 rings (SSSR count). The molecule has 7 heteroatoms. The molecule has 1 aromatic heterocycles. The first-order chi connectivity index (χ1) is 10.5. The highest BCUT2D eigenvalue weighted by atomic mass is 79.9. The van der Waals surface area contributed by atoms with Crippen molar-refractivity contribution < 1.29 is 9.47 Å². The predicted octanol–water partition coefficient (Wildman–Crippen LogP) is 3.22. The topological polar surface area (TPSA) is 74.7 Å². The molecule has 6 nitrogen and oxygen atoms in total. The van der Waals surface area contributed by atoms with E-state index in [4.69, 9.17) is 15.2 Å². The van der Waals surface area contributed by atoms with E-state index in [1.807, 2.05) is 32.9 Å². The Bertz CT molecular complexity index is 682. The van der Waals surface area contributed by atoms with Gasteiger partial charge in [0.1, 0.15) is 0 Å². The van der Waals surface area contributed by atoms with Crippen molar-refractivity contribution in [3.63, 3.8) is 0 Å². The zero-order valence-electron chi connectivity index (χ0n) is 12.8. The van der Waals surface area contributed by atoms with Gasteiger partial charge in [-0.3, -0.25) is 0 Å². The maximum Gasteiger partial charge on any atom is 0.221 e. The van der Waals surface area contributed by atoms with Crippen molar-refractivity contribution in [3.8, 4) is 11.5 Å². The number of halogens is 1. The third-order valence-corrected chi connectivity index (χ3v) is 3.51. The second-order valence-electron chi connectivity index (χ2n) is 4.52. The maximum atomic E-state index is 5.77. The summed E-state index contributed by atoms with van der Waals surface area (Å²) in [7, 11) is 0. The molecule has 1 heterocycles. The predicted molar refractivity (Wildman–Crippen MR) is 90.8 cm³/mol. The van der Waals surface area contributed by atoms with Gasteiger partial charge in [-0.1, -0.05) is 0 Å². The molecule has 0 spiro atoms. The fourth-order valence-corrected chi connectivity index (χ4v) is 2.33. The highest BCUT2D eigenvalue weighted by molar-refractivity contribution is 9.10. The Balaban J connectivity index is 2.34. The molecule has 0 aliphatic carbocycles. The number of hydrogen-bond acceptors (Lipinski definition) is 5. The zero-order chi connectivity index (χ0) is 16.1. The maximum absolute atomic E-state index is 5.77. The molecule has 0 bridgehead atoms. The van der Waals surface area contributed by atoms with Crippen LogP contribution in [-0.4, -0.2) is 29.1 Å². The van der Waals surface area contributed by atoms with Crippen LogP contribution in [0.25, 0.3) is 0 Å². The summed E-state index contributed by atoms with van der Waals surface area (Å²) in [5, 5.41) is 4.31. The van der Waals surface area contributed by atoms with Crippen molar-refractivity contribution in [2.24, 2.45) is 5.10 Å². The molecule has 0 unspecified atom stereocenters. The summed E-state index contributed by atoms with van der Waals surface area (Å²) in [4.78, 5) is 4.10. The molecule has 0 saturated carbocycles. The van der Waals surface area contributed by atoms with E-state index < -0.39 is 0 Å². The van der Waals surface area contributed by atoms with Crippen molar-refractivity contribution >= 4 is 28.1 Å². The fraction of sp³-hybridized carbons (Fsp3) is 0.333. The molecular formula is C15H19BrN4O2. The van der Waals surface area contributed by atoms with Gasteiger partial charge in [-0.2, -0.15) is 5.10 Å². The average Bonchev–Trinajstić information content (AvgIpc) is 2.79. The van der Waals surface area contributed by atoms with E-state index in [0.717, 1.165) is 15.7 Å². The minimum Gasteiger partial charge on any atom is -0.490 e. The fourth-order valence-electron chi connectivity index (χ4n) is 1.91. The number of aromatic nitrogens is 2. The molecule has 2 aromatic rings. The lowest BCUT2D eigenvalue weighted by molar-refractivity contribution is 0.287. The normalized spacial score (nSPS) is 11.1. The second kappa shape index (κ2) is 7.31. The number of ether oxygens (including phenoxy) is 2. The molecular weight excluding hydrogens is 348 g/mol. The van der Waals surface area contributed by atoms with Crippen LogP contribution >= 0.6 is 15.9 Å². The summed E-state index contributed by atoms with van der Waals surface area (Å²) in [6.07, 6.45) is 3.46. The van der Waals surface area contributed by atoms with Gasteiger partial charge >= 0.3 is 0 Å². The quantitative estimate of drug-likeness (QED) is 0.796. The summed E-state index contributed by atoms with van der Waals surface area (Å²) in [6.45, 7) is 6.86. The van der Waals surface area contributed by atoms with Crippen LogP contribution in [0, 0.1) is 6.92 Å². The minimum absolute atomic E-state index is 0.348. The number of nitrogens with zero attached hydrogens (tertiary/aromatic N) is 3. The van der Waals surface area contributed by atoms with E-state index >= 15 is 0 Å². The van der Waals surface area contributed by atoms with Gasteiger partial charge in [0, 0.05) is 10.0 Å². The van der Waals surface area contributed by atoms with E-state index in [-0.39, 0.29) is 0 Å². The monoisotopic (exact) mass is 366 g/mol. The van der Waals surface area contributed by atoms with Crippen molar-refractivity contribution in [3.05, 3.63) is 34.1 Å². The largest absolute Gasteiger partial charge is 0.490 e. The Morgan fingerprint density at radius 1 is 1.27 bits per heavy atom. The third kappa shape index (κ3) is 3.79. The van der Waals surface area contributed by atoms with Gasteiger partial charge in [0.05, 0.1) is 31.3 Å². The van der Waals surface area contributed by atoms with Crippen molar-refractivity contribution in [1.82, 2.24) is 9.66 Å². The number of hydrogen-bond donors (Lipinski definition) is 1. The molecule has 0 radical (unpaired) electrons. The number of rotatable bonds is 6. The van der Waals surface area contributed by atoms with Crippen molar-refractivity contribution in [1.29, 1.82) is 0 Å². The van der Waals surface area contributed by atoms with Crippen molar-refractivity contribution in [2.45, 2.75) is 20.8 Å². The highest BCUT2D eigenvalue weighted by Gasteiger charge is 2.10. The number of benzene rings is 1. The summed E-state index contributed by atoms with van der Waals surface area (Å²) in [5.41, 5.74) is 7.44. The number of nitrogens with two attached hydrogens (primary N) is 1.